The van der Waals surface area contributed by atoms with E-state index in [4.69, 9.17) is 0 Å². The molecule has 0 aromatic heterocycles. The van der Waals surface area contributed by atoms with Gasteiger partial charge in [-0.1, -0.05) is 37.6 Å². The van der Waals surface area contributed by atoms with Gasteiger partial charge >= 0.3 is 0 Å². The predicted molar refractivity (Wildman–Crippen MR) is 87.0 cm³/mol. The van der Waals surface area contributed by atoms with Gasteiger partial charge in [0.2, 0.25) is 10.0 Å². The van der Waals surface area contributed by atoms with E-state index in [1.807, 2.05) is 33.8 Å². The van der Waals surface area contributed by atoms with E-state index in [9.17, 15) is 13.2 Å². The molecule has 1 saturated heterocycles. The Morgan fingerprint density at radius 3 is 2.36 bits per heavy atom. The molecule has 0 amide bonds. The Kier molecular flexibility index (Phi) is 4.87. The normalized spacial score (nSPS) is 21.7. The largest absolute Gasteiger partial charge is 0.299 e. The maximum Gasteiger partial charge on any atom is 0.243 e. The molecule has 1 aromatic carbocycles. The maximum absolute atomic E-state index is 12.7. The highest BCUT2D eigenvalue weighted by molar-refractivity contribution is 7.89. The Hall–Kier alpha value is -1.46. The molecule has 0 radical (unpaired) electrons. The number of hydrogen-bond acceptors (Lipinski definition) is 3. The summed E-state index contributed by atoms with van der Waals surface area (Å²) in [5.41, 5.74) is 1.91. The molecule has 1 fully saturated rings. The van der Waals surface area contributed by atoms with Gasteiger partial charge in [-0.2, -0.15) is 4.31 Å². The van der Waals surface area contributed by atoms with Gasteiger partial charge in [-0.25, -0.2) is 8.42 Å². The third kappa shape index (κ3) is 3.15. The van der Waals surface area contributed by atoms with Gasteiger partial charge < -0.3 is 0 Å². The molecule has 22 heavy (non-hydrogen) atoms. The fourth-order valence-electron chi connectivity index (χ4n) is 2.71. The second-order valence-corrected chi connectivity index (χ2v) is 8.02. The van der Waals surface area contributed by atoms with E-state index in [1.54, 1.807) is 24.3 Å². The van der Waals surface area contributed by atoms with Crippen molar-refractivity contribution in [2.24, 2.45) is 11.8 Å². The summed E-state index contributed by atoms with van der Waals surface area (Å²) < 4.78 is 26.9. The number of hydrogen-bond donors (Lipinski definition) is 0. The molecule has 1 aliphatic heterocycles. The van der Waals surface area contributed by atoms with E-state index < -0.39 is 10.0 Å². The van der Waals surface area contributed by atoms with Gasteiger partial charge in [0.1, 0.15) is 5.78 Å². The number of allylic oxidation sites excluding steroid dienone is 1. The lowest BCUT2D eigenvalue weighted by Crippen LogP contribution is -2.30. The summed E-state index contributed by atoms with van der Waals surface area (Å²) in [4.78, 5) is 12.6. The van der Waals surface area contributed by atoms with Gasteiger partial charge in [0, 0.05) is 19.0 Å². The molecule has 1 unspecified atom stereocenters. The van der Waals surface area contributed by atoms with Crippen LogP contribution in [-0.4, -0.2) is 31.6 Å². The summed E-state index contributed by atoms with van der Waals surface area (Å²) in [6.07, 6.45) is 1.87. The molecule has 0 bridgehead atoms. The van der Waals surface area contributed by atoms with Crippen LogP contribution in [0.3, 0.4) is 0 Å². The number of carbonyl (C=O) groups is 1. The second-order valence-electron chi connectivity index (χ2n) is 6.08. The standard InChI is InChI=1S/C17H23NO3S/c1-5-14-10-18(11-16(14)17(19)12(2)3)22(20,21)15-8-6-13(4)7-9-15/h5-9,12,16H,10-11H2,1-4H3/b14-5+. The van der Waals surface area contributed by atoms with Crippen LogP contribution >= 0.6 is 0 Å². The highest BCUT2D eigenvalue weighted by atomic mass is 32.2. The molecule has 5 heteroatoms. The molecular formula is C17H23NO3S. The van der Waals surface area contributed by atoms with Crippen molar-refractivity contribution in [1.29, 1.82) is 0 Å². The minimum absolute atomic E-state index is 0.0954. The lowest BCUT2D eigenvalue weighted by molar-refractivity contribution is -0.124. The fraction of sp³-hybridized carbons (Fsp3) is 0.471. The average Bonchev–Trinajstić information content (AvgIpc) is 2.91. The van der Waals surface area contributed by atoms with Crippen molar-refractivity contribution < 1.29 is 13.2 Å². The summed E-state index contributed by atoms with van der Waals surface area (Å²) in [5, 5.41) is 0. The summed E-state index contributed by atoms with van der Waals surface area (Å²) in [5.74, 6) is -0.304. The van der Waals surface area contributed by atoms with E-state index in [1.165, 1.54) is 4.31 Å². The smallest absolute Gasteiger partial charge is 0.243 e. The van der Waals surface area contributed by atoms with Crippen molar-refractivity contribution in [3.8, 4) is 0 Å². The number of benzene rings is 1. The molecule has 0 N–H and O–H groups in total. The Morgan fingerprint density at radius 1 is 1.27 bits per heavy atom. The number of rotatable bonds is 4. The van der Waals surface area contributed by atoms with Crippen LogP contribution in [0.2, 0.25) is 0 Å². The minimum atomic E-state index is -3.55. The topological polar surface area (TPSA) is 54.5 Å². The molecule has 0 aliphatic carbocycles. The quantitative estimate of drug-likeness (QED) is 0.801. The fourth-order valence-corrected chi connectivity index (χ4v) is 4.15. The summed E-state index contributed by atoms with van der Waals surface area (Å²) >= 11 is 0. The van der Waals surface area contributed by atoms with E-state index in [0.29, 0.717) is 6.54 Å². The zero-order chi connectivity index (χ0) is 16.5. The molecule has 1 aromatic rings. The van der Waals surface area contributed by atoms with Crippen molar-refractivity contribution >= 4 is 15.8 Å². The Bertz CT molecular complexity index is 687. The second kappa shape index (κ2) is 6.34. The van der Waals surface area contributed by atoms with E-state index in [0.717, 1.165) is 11.1 Å². The van der Waals surface area contributed by atoms with Crippen LogP contribution in [0.4, 0.5) is 0 Å². The first-order chi connectivity index (χ1) is 10.3. The molecule has 120 valence electrons. The Labute approximate surface area is 132 Å². The number of carbonyl (C=O) groups excluding carboxylic acids is 1. The van der Waals surface area contributed by atoms with Gasteiger partial charge in [-0.15, -0.1) is 0 Å². The molecular weight excluding hydrogens is 298 g/mol. The van der Waals surface area contributed by atoms with Crippen LogP contribution in [0.15, 0.2) is 40.8 Å². The first-order valence-corrected chi connectivity index (χ1v) is 8.97. The van der Waals surface area contributed by atoms with Gasteiger partial charge in [-0.3, -0.25) is 4.79 Å². The van der Waals surface area contributed by atoms with Gasteiger partial charge in [0.05, 0.1) is 10.8 Å². The van der Waals surface area contributed by atoms with Crippen molar-refractivity contribution in [3.63, 3.8) is 0 Å². The van der Waals surface area contributed by atoms with Crippen molar-refractivity contribution in [2.75, 3.05) is 13.1 Å². The SMILES string of the molecule is C/C=C1\CN(S(=O)(=O)c2ccc(C)cc2)CC1C(=O)C(C)C. The van der Waals surface area contributed by atoms with E-state index >= 15 is 0 Å². The highest BCUT2D eigenvalue weighted by Gasteiger charge is 2.39. The van der Waals surface area contributed by atoms with Gasteiger partial charge in [0.15, 0.2) is 0 Å². The monoisotopic (exact) mass is 321 g/mol. The lowest BCUT2D eigenvalue weighted by Gasteiger charge is -2.16. The van der Waals surface area contributed by atoms with E-state index in [-0.39, 0.29) is 29.1 Å². The number of aryl methyl sites for hydroxylation is 1. The molecule has 2 rings (SSSR count). The number of ketones is 1. The van der Waals surface area contributed by atoms with Crippen molar-refractivity contribution in [2.45, 2.75) is 32.6 Å². The van der Waals surface area contributed by atoms with Crippen LogP contribution in [0.5, 0.6) is 0 Å². The molecule has 0 saturated carbocycles. The Morgan fingerprint density at radius 2 is 1.86 bits per heavy atom. The van der Waals surface area contributed by atoms with Gasteiger partial charge in [-0.05, 0) is 31.6 Å². The Balaban J connectivity index is 2.30. The minimum Gasteiger partial charge on any atom is -0.299 e. The van der Waals surface area contributed by atoms with E-state index in [2.05, 4.69) is 0 Å². The number of Topliss-reactive ketones (excluding diaryl/α,β-unsaturated/α-hetero) is 1. The summed E-state index contributed by atoms with van der Waals surface area (Å²) in [6.45, 7) is 8.03. The molecule has 4 nitrogen and oxygen atoms in total. The van der Waals surface area contributed by atoms with Crippen LogP contribution in [0.1, 0.15) is 26.3 Å². The lowest BCUT2D eigenvalue weighted by atomic mass is 9.91. The highest BCUT2D eigenvalue weighted by Crippen LogP contribution is 2.30. The zero-order valence-corrected chi connectivity index (χ0v) is 14.4. The van der Waals surface area contributed by atoms with Crippen LogP contribution in [0.25, 0.3) is 0 Å². The van der Waals surface area contributed by atoms with Crippen LogP contribution < -0.4 is 0 Å². The average molecular weight is 321 g/mol. The summed E-state index contributed by atoms with van der Waals surface area (Å²) in [7, 11) is -3.55. The summed E-state index contributed by atoms with van der Waals surface area (Å²) in [6, 6.07) is 6.82. The first-order valence-electron chi connectivity index (χ1n) is 7.53. The molecule has 0 spiro atoms. The molecule has 1 atom stereocenters. The number of sulfonamides is 1. The third-order valence-corrected chi connectivity index (χ3v) is 5.96. The number of nitrogens with zero attached hydrogens (tertiary/aromatic N) is 1. The van der Waals surface area contributed by atoms with Crippen LogP contribution in [0, 0.1) is 18.8 Å². The van der Waals surface area contributed by atoms with Crippen molar-refractivity contribution in [1.82, 2.24) is 4.31 Å². The van der Waals surface area contributed by atoms with Crippen molar-refractivity contribution in [3.05, 3.63) is 41.5 Å². The zero-order valence-electron chi connectivity index (χ0n) is 13.5. The third-order valence-electron chi connectivity index (χ3n) is 4.13. The first kappa shape index (κ1) is 16.9. The maximum atomic E-state index is 12.7. The molecule has 1 aliphatic rings. The van der Waals surface area contributed by atoms with Gasteiger partial charge in [0.25, 0.3) is 0 Å². The van der Waals surface area contributed by atoms with Crippen LogP contribution in [-0.2, 0) is 14.8 Å². The molecule has 1 heterocycles. The predicted octanol–water partition coefficient (Wildman–Crippen LogP) is 2.79.